The summed E-state index contributed by atoms with van der Waals surface area (Å²) >= 11 is 0. The number of nitrogens with zero attached hydrogens (tertiary/aromatic N) is 2. The monoisotopic (exact) mass is 281 g/mol. The maximum Gasteiger partial charge on any atom is 0.238 e. The first-order valence-electron chi connectivity index (χ1n) is 5.67. The highest BCUT2D eigenvalue weighted by molar-refractivity contribution is 7.89. The van der Waals surface area contributed by atoms with Crippen LogP contribution in [0.3, 0.4) is 0 Å². The van der Waals surface area contributed by atoms with Crippen LogP contribution in [0.1, 0.15) is 24.4 Å². The van der Waals surface area contributed by atoms with Gasteiger partial charge in [-0.25, -0.2) is 18.5 Å². The van der Waals surface area contributed by atoms with Gasteiger partial charge in [-0.1, -0.05) is 12.1 Å². The Morgan fingerprint density at radius 3 is 2.89 bits per heavy atom. The number of hydrogen-bond acceptors (Lipinski definition) is 5. The summed E-state index contributed by atoms with van der Waals surface area (Å²) in [7, 11) is -3.67. The molecular weight excluding hydrogens is 266 g/mol. The molecule has 1 atom stereocenters. The first kappa shape index (κ1) is 13.7. The number of primary sulfonamides is 1. The summed E-state index contributed by atoms with van der Waals surface area (Å²) in [4.78, 5) is 4.10. The molecule has 0 fully saturated rings. The smallest absolute Gasteiger partial charge is 0.238 e. The molecule has 0 aliphatic heterocycles. The first-order chi connectivity index (χ1) is 8.97. The summed E-state index contributed by atoms with van der Waals surface area (Å²) < 4.78 is 22.6. The number of rotatable bonds is 5. The number of hydrogen-bond donors (Lipinski definition) is 3. The Morgan fingerprint density at radius 1 is 1.47 bits per heavy atom. The number of nitrogens with two attached hydrogens (primary N) is 1. The van der Waals surface area contributed by atoms with E-state index in [9.17, 15) is 8.42 Å². The van der Waals surface area contributed by atoms with E-state index in [1.54, 1.807) is 12.1 Å². The average molecular weight is 281 g/mol. The molecule has 0 aliphatic carbocycles. The summed E-state index contributed by atoms with van der Waals surface area (Å²) in [6, 6.07) is 6.51. The maximum absolute atomic E-state index is 11.3. The van der Waals surface area contributed by atoms with Crippen LogP contribution in [0.25, 0.3) is 0 Å². The Morgan fingerprint density at radius 2 is 2.26 bits per heavy atom. The number of aromatic nitrogens is 3. The zero-order valence-electron chi connectivity index (χ0n) is 10.4. The topological polar surface area (TPSA) is 114 Å². The van der Waals surface area contributed by atoms with Crippen molar-refractivity contribution in [1.82, 2.24) is 20.5 Å². The van der Waals surface area contributed by atoms with E-state index in [1.807, 2.05) is 13.0 Å². The van der Waals surface area contributed by atoms with Crippen molar-refractivity contribution < 1.29 is 8.42 Å². The number of nitrogens with one attached hydrogen (secondary N) is 2. The van der Waals surface area contributed by atoms with E-state index in [-0.39, 0.29) is 10.9 Å². The highest BCUT2D eigenvalue weighted by atomic mass is 32.2. The van der Waals surface area contributed by atoms with E-state index in [1.165, 1.54) is 12.4 Å². The molecule has 8 heteroatoms. The lowest BCUT2D eigenvalue weighted by molar-refractivity contribution is 0.558. The van der Waals surface area contributed by atoms with Gasteiger partial charge in [-0.3, -0.25) is 5.10 Å². The lowest BCUT2D eigenvalue weighted by Gasteiger charge is -2.14. The van der Waals surface area contributed by atoms with Crippen LogP contribution >= 0.6 is 0 Å². The van der Waals surface area contributed by atoms with Gasteiger partial charge in [0.05, 0.1) is 11.4 Å². The zero-order chi connectivity index (χ0) is 13.9. The van der Waals surface area contributed by atoms with Crippen molar-refractivity contribution in [2.75, 3.05) is 0 Å². The molecule has 0 spiro atoms. The predicted molar refractivity (Wildman–Crippen MR) is 69.5 cm³/mol. The number of benzene rings is 1. The fourth-order valence-electron chi connectivity index (χ4n) is 1.64. The van der Waals surface area contributed by atoms with Crippen molar-refractivity contribution >= 4 is 10.0 Å². The second kappa shape index (κ2) is 5.47. The molecule has 102 valence electrons. The Bertz CT molecular complexity index is 639. The van der Waals surface area contributed by atoms with E-state index >= 15 is 0 Å². The summed E-state index contributed by atoms with van der Waals surface area (Å²) in [5, 5.41) is 14.8. The molecule has 0 amide bonds. The molecule has 1 heterocycles. The summed E-state index contributed by atoms with van der Waals surface area (Å²) in [5.74, 6) is 0.717. The molecule has 0 saturated heterocycles. The van der Waals surface area contributed by atoms with Crippen molar-refractivity contribution in [2.45, 2.75) is 24.4 Å². The molecule has 0 aliphatic rings. The minimum atomic E-state index is -3.67. The van der Waals surface area contributed by atoms with Gasteiger partial charge in [0.15, 0.2) is 0 Å². The fraction of sp³-hybridized carbons (Fsp3) is 0.273. The van der Waals surface area contributed by atoms with Crippen molar-refractivity contribution in [2.24, 2.45) is 5.14 Å². The van der Waals surface area contributed by atoms with Crippen LogP contribution in [-0.4, -0.2) is 23.6 Å². The van der Waals surface area contributed by atoms with Gasteiger partial charge in [-0.2, -0.15) is 5.10 Å². The molecule has 2 rings (SSSR count). The molecule has 1 aromatic heterocycles. The quantitative estimate of drug-likeness (QED) is 0.729. The van der Waals surface area contributed by atoms with Crippen LogP contribution in [0.15, 0.2) is 35.5 Å². The van der Waals surface area contributed by atoms with Crippen LogP contribution in [0.2, 0.25) is 0 Å². The highest BCUT2D eigenvalue weighted by Crippen LogP contribution is 2.16. The normalized spacial score (nSPS) is 13.4. The Labute approximate surface area is 111 Å². The first-order valence-corrected chi connectivity index (χ1v) is 7.22. The van der Waals surface area contributed by atoms with Crippen molar-refractivity contribution in [1.29, 1.82) is 0 Å². The molecule has 0 saturated carbocycles. The largest absolute Gasteiger partial charge is 0.303 e. The minimum Gasteiger partial charge on any atom is -0.303 e. The van der Waals surface area contributed by atoms with Crippen molar-refractivity contribution in [3.63, 3.8) is 0 Å². The molecule has 7 nitrogen and oxygen atoms in total. The third kappa shape index (κ3) is 3.60. The van der Waals surface area contributed by atoms with Gasteiger partial charge in [-0.05, 0) is 24.6 Å². The van der Waals surface area contributed by atoms with E-state index < -0.39 is 10.0 Å². The van der Waals surface area contributed by atoms with Gasteiger partial charge < -0.3 is 5.32 Å². The van der Waals surface area contributed by atoms with Crippen LogP contribution in [-0.2, 0) is 16.6 Å². The van der Waals surface area contributed by atoms with E-state index in [4.69, 9.17) is 5.14 Å². The van der Waals surface area contributed by atoms with Crippen LogP contribution in [0.4, 0.5) is 0 Å². The lowest BCUT2D eigenvalue weighted by Crippen LogP contribution is -2.19. The molecule has 1 unspecified atom stereocenters. The highest BCUT2D eigenvalue weighted by Gasteiger charge is 2.11. The zero-order valence-corrected chi connectivity index (χ0v) is 11.2. The summed E-state index contributed by atoms with van der Waals surface area (Å²) in [6.07, 6.45) is 1.43. The maximum atomic E-state index is 11.3. The average Bonchev–Trinajstić information content (AvgIpc) is 2.88. The number of aromatic amines is 1. The standard InChI is InChI=1S/C11H15N5O2S/c1-8(13-6-11-14-7-15-16-11)9-3-2-4-10(5-9)19(12,17)18/h2-5,7-8,13H,6H2,1H3,(H2,12,17,18)(H,14,15,16). The van der Waals surface area contributed by atoms with Crippen molar-refractivity contribution in [3.8, 4) is 0 Å². The van der Waals surface area contributed by atoms with E-state index in [0.29, 0.717) is 6.54 Å². The molecule has 1 aromatic carbocycles. The van der Waals surface area contributed by atoms with Gasteiger partial charge in [0.2, 0.25) is 10.0 Å². The second-order valence-electron chi connectivity index (χ2n) is 4.15. The molecule has 0 bridgehead atoms. The molecule has 0 radical (unpaired) electrons. The fourth-order valence-corrected chi connectivity index (χ4v) is 2.21. The Kier molecular flexibility index (Phi) is 3.93. The van der Waals surface area contributed by atoms with Gasteiger partial charge in [0.25, 0.3) is 0 Å². The van der Waals surface area contributed by atoms with Gasteiger partial charge in [0, 0.05) is 6.04 Å². The molecule has 2 aromatic rings. The third-order valence-corrected chi connectivity index (χ3v) is 3.64. The Balaban J connectivity index is 2.09. The van der Waals surface area contributed by atoms with Crippen LogP contribution in [0, 0.1) is 0 Å². The summed E-state index contributed by atoms with van der Waals surface area (Å²) in [6.45, 7) is 2.44. The van der Waals surface area contributed by atoms with Crippen molar-refractivity contribution in [3.05, 3.63) is 42.0 Å². The SMILES string of the molecule is CC(NCc1ncn[nH]1)c1cccc(S(N)(=O)=O)c1. The van der Waals surface area contributed by atoms with Gasteiger partial charge in [0.1, 0.15) is 12.2 Å². The lowest BCUT2D eigenvalue weighted by atomic mass is 10.1. The van der Waals surface area contributed by atoms with E-state index in [0.717, 1.165) is 11.4 Å². The number of sulfonamides is 1. The summed E-state index contributed by atoms with van der Waals surface area (Å²) in [5.41, 5.74) is 0.839. The molecular formula is C11H15N5O2S. The third-order valence-electron chi connectivity index (χ3n) is 2.73. The van der Waals surface area contributed by atoms with Crippen LogP contribution in [0.5, 0.6) is 0 Å². The Hall–Kier alpha value is -1.77. The predicted octanol–water partition coefficient (Wildman–Crippen LogP) is 0.303. The van der Waals surface area contributed by atoms with Gasteiger partial charge in [-0.15, -0.1) is 0 Å². The molecule has 19 heavy (non-hydrogen) atoms. The number of H-pyrrole nitrogens is 1. The second-order valence-corrected chi connectivity index (χ2v) is 5.71. The van der Waals surface area contributed by atoms with Crippen LogP contribution < -0.4 is 10.5 Å². The van der Waals surface area contributed by atoms with E-state index in [2.05, 4.69) is 20.5 Å². The minimum absolute atomic E-state index is 0.0354. The van der Waals surface area contributed by atoms with Gasteiger partial charge >= 0.3 is 0 Å². The molecule has 4 N–H and O–H groups in total.